The molecule has 2 heterocycles. The molecule has 0 radical (unpaired) electrons. The lowest BCUT2D eigenvalue weighted by molar-refractivity contribution is -0.123. The largest absolute Gasteiger partial charge is 0.484 e. The molecule has 0 bridgehead atoms. The number of nitrogens with one attached hydrogen (secondary N) is 1. The fourth-order valence-electron chi connectivity index (χ4n) is 2.65. The van der Waals surface area contributed by atoms with Crippen LogP contribution < -0.4 is 15.0 Å². The predicted molar refractivity (Wildman–Crippen MR) is 90.2 cm³/mol. The average molecular weight is 344 g/mol. The molecular weight excluding hydrogens is 324 g/mol. The highest BCUT2D eigenvalue weighted by molar-refractivity contribution is 5.95. The summed E-state index contributed by atoms with van der Waals surface area (Å²) >= 11 is 0. The van der Waals surface area contributed by atoms with Crippen LogP contribution in [0.15, 0.2) is 47.1 Å². The molecule has 0 spiro atoms. The standard InChI is InChI=1S/C18H20N2O5/c21-15(16-6-3-9-24-16)11-19-17(22)12-25-14-5-1-4-13(10-14)20-8-2-7-18(20)23/h1,3-6,9-10,15,21H,2,7-8,11-12H2,(H,19,22). The molecule has 1 saturated heterocycles. The van der Waals surface area contributed by atoms with Crippen molar-refractivity contribution in [1.29, 1.82) is 0 Å². The lowest BCUT2D eigenvalue weighted by Crippen LogP contribution is -2.32. The third-order valence-electron chi connectivity index (χ3n) is 3.94. The second-order valence-corrected chi connectivity index (χ2v) is 5.77. The van der Waals surface area contributed by atoms with Gasteiger partial charge in [0.15, 0.2) is 6.61 Å². The number of ether oxygens (including phenoxy) is 1. The monoisotopic (exact) mass is 344 g/mol. The number of hydrogen-bond donors (Lipinski definition) is 2. The predicted octanol–water partition coefficient (Wildman–Crippen LogP) is 1.64. The van der Waals surface area contributed by atoms with Gasteiger partial charge in [-0.2, -0.15) is 0 Å². The van der Waals surface area contributed by atoms with Gasteiger partial charge in [0.2, 0.25) is 5.91 Å². The molecule has 2 aromatic rings. The number of amides is 2. The fourth-order valence-corrected chi connectivity index (χ4v) is 2.65. The number of hydrogen-bond acceptors (Lipinski definition) is 5. The number of furan rings is 1. The van der Waals surface area contributed by atoms with E-state index in [0.29, 0.717) is 24.5 Å². The average Bonchev–Trinajstić information content (AvgIpc) is 3.29. The zero-order valence-corrected chi connectivity index (χ0v) is 13.7. The van der Waals surface area contributed by atoms with Crippen molar-refractivity contribution in [2.75, 3.05) is 24.6 Å². The Balaban J connectivity index is 1.48. The van der Waals surface area contributed by atoms with Crippen LogP contribution in [0.1, 0.15) is 24.7 Å². The van der Waals surface area contributed by atoms with E-state index in [1.807, 2.05) is 6.07 Å². The number of rotatable bonds is 7. The highest BCUT2D eigenvalue weighted by Crippen LogP contribution is 2.25. The minimum absolute atomic E-state index is 0.0397. The van der Waals surface area contributed by atoms with E-state index in [9.17, 15) is 14.7 Å². The zero-order valence-electron chi connectivity index (χ0n) is 13.7. The van der Waals surface area contributed by atoms with Crippen LogP contribution in [0.3, 0.4) is 0 Å². The first kappa shape index (κ1) is 17.0. The van der Waals surface area contributed by atoms with E-state index in [-0.39, 0.29) is 25.0 Å². The van der Waals surface area contributed by atoms with Gasteiger partial charge in [0.1, 0.15) is 17.6 Å². The Hall–Kier alpha value is -2.80. The van der Waals surface area contributed by atoms with E-state index < -0.39 is 6.10 Å². The summed E-state index contributed by atoms with van der Waals surface area (Å²) in [6, 6.07) is 10.4. The van der Waals surface area contributed by atoms with Crippen LogP contribution >= 0.6 is 0 Å². The summed E-state index contributed by atoms with van der Waals surface area (Å²) in [5.74, 6) is 0.651. The molecule has 0 aliphatic carbocycles. The Bertz CT molecular complexity index is 729. The van der Waals surface area contributed by atoms with E-state index in [0.717, 1.165) is 12.1 Å². The Morgan fingerprint density at radius 3 is 2.96 bits per heavy atom. The molecule has 7 heteroatoms. The lowest BCUT2D eigenvalue weighted by atomic mass is 10.2. The Labute approximate surface area is 145 Å². The maximum absolute atomic E-state index is 11.8. The molecule has 1 aliphatic rings. The minimum atomic E-state index is -0.900. The summed E-state index contributed by atoms with van der Waals surface area (Å²) in [6.07, 6.45) is 1.97. The van der Waals surface area contributed by atoms with Crippen LogP contribution in [-0.2, 0) is 9.59 Å². The van der Waals surface area contributed by atoms with Gasteiger partial charge in [-0.05, 0) is 30.7 Å². The molecule has 0 saturated carbocycles. The zero-order chi connectivity index (χ0) is 17.6. The van der Waals surface area contributed by atoms with Crippen molar-refractivity contribution in [3.8, 4) is 5.75 Å². The molecule has 2 N–H and O–H groups in total. The van der Waals surface area contributed by atoms with Crippen molar-refractivity contribution >= 4 is 17.5 Å². The Kier molecular flexibility index (Phi) is 5.35. The van der Waals surface area contributed by atoms with Gasteiger partial charge in [-0.15, -0.1) is 0 Å². The molecule has 2 amide bonds. The summed E-state index contributed by atoms with van der Waals surface area (Å²) in [7, 11) is 0. The van der Waals surface area contributed by atoms with E-state index in [2.05, 4.69) is 5.32 Å². The number of aliphatic hydroxyl groups is 1. The third-order valence-corrected chi connectivity index (χ3v) is 3.94. The van der Waals surface area contributed by atoms with Gasteiger partial charge < -0.3 is 24.5 Å². The number of benzene rings is 1. The number of anilines is 1. The first-order chi connectivity index (χ1) is 12.1. The quantitative estimate of drug-likeness (QED) is 0.796. The molecule has 1 aromatic heterocycles. The number of carbonyl (C=O) groups is 2. The van der Waals surface area contributed by atoms with Crippen molar-refractivity contribution in [2.24, 2.45) is 0 Å². The van der Waals surface area contributed by atoms with Gasteiger partial charge in [-0.3, -0.25) is 9.59 Å². The SMILES string of the molecule is O=C(COc1cccc(N2CCCC2=O)c1)NCC(O)c1ccco1. The molecule has 25 heavy (non-hydrogen) atoms. The highest BCUT2D eigenvalue weighted by atomic mass is 16.5. The van der Waals surface area contributed by atoms with E-state index in [4.69, 9.17) is 9.15 Å². The maximum Gasteiger partial charge on any atom is 0.258 e. The second kappa shape index (κ2) is 7.85. The first-order valence-corrected chi connectivity index (χ1v) is 8.15. The van der Waals surface area contributed by atoms with Gasteiger partial charge in [-0.25, -0.2) is 0 Å². The minimum Gasteiger partial charge on any atom is -0.484 e. The van der Waals surface area contributed by atoms with Crippen LogP contribution in [0, 0.1) is 0 Å². The van der Waals surface area contributed by atoms with Crippen LogP contribution in [0.2, 0.25) is 0 Å². The summed E-state index contributed by atoms with van der Waals surface area (Å²) in [4.78, 5) is 25.3. The van der Waals surface area contributed by atoms with Crippen LogP contribution in [0.4, 0.5) is 5.69 Å². The van der Waals surface area contributed by atoms with Crippen LogP contribution in [0.5, 0.6) is 5.75 Å². The molecule has 1 unspecified atom stereocenters. The van der Waals surface area contributed by atoms with E-state index in [1.54, 1.807) is 35.2 Å². The van der Waals surface area contributed by atoms with Crippen LogP contribution in [0.25, 0.3) is 0 Å². The fraction of sp³-hybridized carbons (Fsp3) is 0.333. The molecular formula is C18H20N2O5. The molecule has 1 atom stereocenters. The summed E-state index contributed by atoms with van der Waals surface area (Å²) in [5, 5.41) is 12.4. The summed E-state index contributed by atoms with van der Waals surface area (Å²) in [5.41, 5.74) is 0.772. The third kappa shape index (κ3) is 4.39. The van der Waals surface area contributed by atoms with Gasteiger partial charge in [-0.1, -0.05) is 6.07 Å². The lowest BCUT2D eigenvalue weighted by Gasteiger charge is -2.16. The number of aliphatic hydroxyl groups excluding tert-OH is 1. The normalized spacial score (nSPS) is 15.2. The van der Waals surface area contributed by atoms with E-state index >= 15 is 0 Å². The van der Waals surface area contributed by atoms with E-state index in [1.165, 1.54) is 6.26 Å². The van der Waals surface area contributed by atoms with Crippen molar-refractivity contribution in [1.82, 2.24) is 5.32 Å². The van der Waals surface area contributed by atoms with Gasteiger partial charge in [0.05, 0.1) is 12.8 Å². The molecule has 132 valence electrons. The molecule has 1 fully saturated rings. The first-order valence-electron chi connectivity index (χ1n) is 8.15. The molecule has 1 aliphatic heterocycles. The number of carbonyl (C=O) groups excluding carboxylic acids is 2. The van der Waals surface area contributed by atoms with Crippen molar-refractivity contribution in [3.05, 3.63) is 48.4 Å². The number of nitrogens with zero attached hydrogens (tertiary/aromatic N) is 1. The van der Waals surface area contributed by atoms with Gasteiger partial charge >= 0.3 is 0 Å². The van der Waals surface area contributed by atoms with Crippen molar-refractivity contribution in [2.45, 2.75) is 18.9 Å². The van der Waals surface area contributed by atoms with Gasteiger partial charge in [0.25, 0.3) is 5.91 Å². The molecule has 1 aromatic carbocycles. The van der Waals surface area contributed by atoms with Crippen molar-refractivity contribution in [3.63, 3.8) is 0 Å². The maximum atomic E-state index is 11.8. The second-order valence-electron chi connectivity index (χ2n) is 5.77. The Morgan fingerprint density at radius 1 is 1.36 bits per heavy atom. The molecule has 3 rings (SSSR count). The molecule has 7 nitrogen and oxygen atoms in total. The van der Waals surface area contributed by atoms with Gasteiger partial charge in [0, 0.05) is 24.7 Å². The van der Waals surface area contributed by atoms with Crippen LogP contribution in [-0.4, -0.2) is 36.6 Å². The summed E-state index contributed by atoms with van der Waals surface area (Å²) < 4.78 is 10.5. The summed E-state index contributed by atoms with van der Waals surface area (Å²) in [6.45, 7) is 0.563. The van der Waals surface area contributed by atoms with Crippen molar-refractivity contribution < 1.29 is 23.8 Å². The smallest absolute Gasteiger partial charge is 0.258 e. The topological polar surface area (TPSA) is 92.0 Å². The highest BCUT2D eigenvalue weighted by Gasteiger charge is 2.21. The Morgan fingerprint density at radius 2 is 2.24 bits per heavy atom.